The van der Waals surface area contributed by atoms with Crippen molar-refractivity contribution in [2.75, 3.05) is 6.54 Å². The number of hydrogen-bond donors (Lipinski definition) is 1. The quantitative estimate of drug-likeness (QED) is 0.904. The van der Waals surface area contributed by atoms with E-state index in [0.29, 0.717) is 0 Å². The molecule has 0 unspecified atom stereocenters. The molecule has 0 radical (unpaired) electrons. The van der Waals surface area contributed by atoms with E-state index in [1.807, 2.05) is 16.9 Å². The van der Waals surface area contributed by atoms with Crippen LogP contribution in [0.2, 0.25) is 5.02 Å². The number of rotatable bonds is 5. The molecule has 0 aliphatic carbocycles. The van der Waals surface area contributed by atoms with Crippen molar-refractivity contribution >= 4 is 11.6 Å². The maximum Gasteiger partial charge on any atom is 0.0571 e. The molecule has 0 amide bonds. The van der Waals surface area contributed by atoms with Crippen molar-refractivity contribution in [2.24, 2.45) is 0 Å². The molecule has 0 aliphatic rings. The molecule has 4 heteroatoms. The van der Waals surface area contributed by atoms with Gasteiger partial charge < -0.3 is 5.32 Å². The van der Waals surface area contributed by atoms with Crippen LogP contribution in [0.4, 0.5) is 0 Å². The van der Waals surface area contributed by atoms with Gasteiger partial charge in [0.25, 0.3) is 0 Å². The summed E-state index contributed by atoms with van der Waals surface area (Å²) in [6.07, 6.45) is 1.93. The van der Waals surface area contributed by atoms with Gasteiger partial charge in [0.1, 0.15) is 0 Å². The zero-order chi connectivity index (χ0) is 13.8. The first kappa shape index (κ1) is 14.1. The van der Waals surface area contributed by atoms with E-state index in [1.54, 1.807) is 0 Å². The minimum absolute atomic E-state index is 0.796. The summed E-state index contributed by atoms with van der Waals surface area (Å²) in [5, 5.41) is 8.51. The van der Waals surface area contributed by atoms with Crippen LogP contribution < -0.4 is 5.32 Å². The number of nitrogens with one attached hydrogen (secondary N) is 1. The van der Waals surface area contributed by atoms with Crippen molar-refractivity contribution in [3.63, 3.8) is 0 Å². The van der Waals surface area contributed by atoms with Crippen LogP contribution in [0, 0.1) is 6.92 Å². The van der Waals surface area contributed by atoms with Gasteiger partial charge in [-0.25, -0.2) is 0 Å². The second kappa shape index (κ2) is 6.22. The fraction of sp³-hybridized carbons (Fsp3) is 0.400. The minimum atomic E-state index is 0.796. The maximum absolute atomic E-state index is 6.23. The predicted octanol–water partition coefficient (Wildman–Crippen LogP) is 3.64. The average molecular weight is 278 g/mol. The monoisotopic (exact) mass is 277 g/mol. The summed E-state index contributed by atoms with van der Waals surface area (Å²) >= 11 is 6.23. The van der Waals surface area contributed by atoms with Crippen LogP contribution >= 0.6 is 11.6 Å². The lowest BCUT2D eigenvalue weighted by Crippen LogP contribution is -2.12. The van der Waals surface area contributed by atoms with E-state index in [1.165, 1.54) is 16.8 Å². The lowest BCUT2D eigenvalue weighted by Gasteiger charge is -2.08. The van der Waals surface area contributed by atoms with Crippen LogP contribution in [0.5, 0.6) is 0 Å². The summed E-state index contributed by atoms with van der Waals surface area (Å²) in [4.78, 5) is 0. The molecule has 0 bridgehead atoms. The largest absolute Gasteiger partial charge is 0.313 e. The fourth-order valence-electron chi connectivity index (χ4n) is 2.19. The number of halogens is 1. The molecule has 0 saturated carbocycles. The van der Waals surface area contributed by atoms with Gasteiger partial charge in [0.05, 0.1) is 6.20 Å². The number of hydrogen-bond acceptors (Lipinski definition) is 2. The van der Waals surface area contributed by atoms with Crippen molar-refractivity contribution in [2.45, 2.75) is 33.9 Å². The van der Waals surface area contributed by atoms with Gasteiger partial charge in [0, 0.05) is 29.4 Å². The Hall–Kier alpha value is -1.32. The van der Waals surface area contributed by atoms with E-state index >= 15 is 0 Å². The first-order chi connectivity index (χ1) is 9.17. The molecule has 0 atom stereocenters. The second-order valence-corrected chi connectivity index (χ2v) is 4.95. The normalized spacial score (nSPS) is 10.9. The molecule has 19 heavy (non-hydrogen) atoms. The molecule has 1 aromatic carbocycles. The summed E-state index contributed by atoms with van der Waals surface area (Å²) < 4.78 is 2.01. The van der Waals surface area contributed by atoms with Gasteiger partial charge in [-0.1, -0.05) is 24.6 Å². The molecule has 0 spiro atoms. The molecule has 3 nitrogen and oxygen atoms in total. The van der Waals surface area contributed by atoms with Crippen molar-refractivity contribution in [3.8, 4) is 11.1 Å². The van der Waals surface area contributed by atoms with Gasteiger partial charge in [-0.05, 0) is 43.7 Å². The average Bonchev–Trinajstić information content (AvgIpc) is 2.79. The van der Waals surface area contributed by atoms with Crippen LogP contribution in [0.1, 0.15) is 25.1 Å². The van der Waals surface area contributed by atoms with E-state index in [0.717, 1.165) is 30.2 Å². The Morgan fingerprint density at radius 1 is 1.32 bits per heavy atom. The van der Waals surface area contributed by atoms with E-state index in [4.69, 9.17) is 11.6 Å². The molecule has 2 aromatic rings. The molecular formula is C15H20ClN3. The fourth-order valence-corrected chi connectivity index (χ4v) is 2.37. The zero-order valence-corrected chi connectivity index (χ0v) is 12.5. The van der Waals surface area contributed by atoms with Gasteiger partial charge >= 0.3 is 0 Å². The van der Waals surface area contributed by atoms with Gasteiger partial charge in [-0.3, -0.25) is 4.68 Å². The number of benzene rings is 1. The van der Waals surface area contributed by atoms with Crippen molar-refractivity contribution in [1.82, 2.24) is 15.1 Å². The Balaban J connectivity index is 2.36. The highest BCUT2D eigenvalue weighted by Gasteiger charge is 2.09. The molecule has 0 saturated heterocycles. The number of nitrogens with zero attached hydrogens (tertiary/aromatic N) is 2. The van der Waals surface area contributed by atoms with E-state index < -0.39 is 0 Å². The lowest BCUT2D eigenvalue weighted by atomic mass is 10.0. The van der Waals surface area contributed by atoms with E-state index in [-0.39, 0.29) is 0 Å². The van der Waals surface area contributed by atoms with Crippen molar-refractivity contribution in [1.29, 1.82) is 0 Å². The minimum Gasteiger partial charge on any atom is -0.313 e. The summed E-state index contributed by atoms with van der Waals surface area (Å²) in [7, 11) is 0. The van der Waals surface area contributed by atoms with Gasteiger partial charge in [0.15, 0.2) is 0 Å². The van der Waals surface area contributed by atoms with E-state index in [2.05, 4.69) is 43.3 Å². The molecule has 1 N–H and O–H groups in total. The van der Waals surface area contributed by atoms with Crippen molar-refractivity contribution < 1.29 is 0 Å². The van der Waals surface area contributed by atoms with E-state index in [9.17, 15) is 0 Å². The Morgan fingerprint density at radius 2 is 2.11 bits per heavy atom. The summed E-state index contributed by atoms with van der Waals surface area (Å²) in [5.41, 5.74) is 4.68. The van der Waals surface area contributed by atoms with Gasteiger partial charge in [-0.15, -0.1) is 0 Å². The molecule has 1 heterocycles. The Morgan fingerprint density at radius 3 is 2.74 bits per heavy atom. The van der Waals surface area contributed by atoms with Crippen LogP contribution in [-0.2, 0) is 13.1 Å². The van der Waals surface area contributed by atoms with Crippen molar-refractivity contribution in [3.05, 3.63) is 40.7 Å². The van der Waals surface area contributed by atoms with Gasteiger partial charge in [-0.2, -0.15) is 5.10 Å². The first-order valence-corrected chi connectivity index (χ1v) is 7.07. The smallest absolute Gasteiger partial charge is 0.0571 e. The Bertz CT molecular complexity index is 561. The topological polar surface area (TPSA) is 29.9 Å². The highest BCUT2D eigenvalue weighted by Crippen LogP contribution is 2.27. The number of aromatic nitrogens is 2. The third kappa shape index (κ3) is 2.99. The van der Waals surface area contributed by atoms with Gasteiger partial charge in [0.2, 0.25) is 0 Å². The van der Waals surface area contributed by atoms with Crippen LogP contribution in [0.25, 0.3) is 11.1 Å². The van der Waals surface area contributed by atoms with Crippen LogP contribution in [0.15, 0.2) is 24.4 Å². The molecule has 0 fully saturated rings. The highest BCUT2D eigenvalue weighted by atomic mass is 35.5. The summed E-state index contributed by atoms with van der Waals surface area (Å²) in [6, 6.07) is 6.17. The number of aryl methyl sites for hydroxylation is 1. The molecular weight excluding hydrogens is 258 g/mol. The molecule has 1 aromatic heterocycles. The maximum atomic E-state index is 6.23. The second-order valence-electron chi connectivity index (χ2n) is 4.55. The predicted molar refractivity (Wildman–Crippen MR) is 80.5 cm³/mol. The molecule has 102 valence electrons. The first-order valence-electron chi connectivity index (χ1n) is 6.69. The summed E-state index contributed by atoms with van der Waals surface area (Å²) in [6.45, 7) is 8.92. The third-order valence-corrected chi connectivity index (χ3v) is 3.69. The molecule has 2 rings (SSSR count). The summed E-state index contributed by atoms with van der Waals surface area (Å²) in [5.74, 6) is 0. The third-order valence-electron chi connectivity index (χ3n) is 3.32. The molecule has 0 aliphatic heterocycles. The zero-order valence-electron chi connectivity index (χ0n) is 11.7. The van der Waals surface area contributed by atoms with Crippen LogP contribution in [-0.4, -0.2) is 16.3 Å². The SMILES string of the molecule is CCNCc1cc(-c2cnn(CC)c2C)ccc1Cl. The lowest BCUT2D eigenvalue weighted by molar-refractivity contribution is 0.640. The standard InChI is InChI=1S/C15H20ClN3/c1-4-17-9-13-8-12(6-7-15(13)16)14-10-18-19(5-2)11(14)3/h6-8,10,17H,4-5,9H2,1-3H3. The Labute approximate surface area is 119 Å². The Kier molecular flexibility index (Phi) is 4.61. The van der Waals surface area contributed by atoms with Crippen LogP contribution in [0.3, 0.4) is 0 Å². The highest BCUT2D eigenvalue weighted by molar-refractivity contribution is 6.31.